The van der Waals surface area contributed by atoms with Crippen molar-refractivity contribution in [1.82, 2.24) is 4.72 Å². The van der Waals surface area contributed by atoms with Crippen LogP contribution in [0.15, 0.2) is 23.1 Å². The van der Waals surface area contributed by atoms with Crippen LogP contribution >= 0.6 is 0 Å². The largest absolute Gasteiger partial charge is 0.240 e. The van der Waals surface area contributed by atoms with E-state index in [9.17, 15) is 8.42 Å². The summed E-state index contributed by atoms with van der Waals surface area (Å²) in [6.45, 7) is 3.81. The standard InChI is InChI=1S/C11H15NO2S/c1-8-5-9(2)7-11(6-8)15(13,14)12-10-3-4-10/h5-7,10,12H,3-4H2,1-2H3. The van der Waals surface area contributed by atoms with E-state index in [4.69, 9.17) is 0 Å². The summed E-state index contributed by atoms with van der Waals surface area (Å²) in [7, 11) is -3.29. The topological polar surface area (TPSA) is 46.2 Å². The Morgan fingerprint density at radius 3 is 2.13 bits per heavy atom. The molecule has 1 fully saturated rings. The Bertz CT molecular complexity index is 455. The maximum atomic E-state index is 11.9. The molecule has 0 radical (unpaired) electrons. The van der Waals surface area contributed by atoms with Gasteiger partial charge in [0.1, 0.15) is 0 Å². The zero-order chi connectivity index (χ0) is 11.1. The minimum Gasteiger partial charge on any atom is -0.208 e. The molecule has 0 spiro atoms. The Kier molecular flexibility index (Phi) is 2.56. The minimum atomic E-state index is -3.29. The molecule has 3 nitrogen and oxygen atoms in total. The molecule has 15 heavy (non-hydrogen) atoms. The van der Waals surface area contributed by atoms with Crippen molar-refractivity contribution >= 4 is 10.0 Å². The summed E-state index contributed by atoms with van der Waals surface area (Å²) in [4.78, 5) is 0.381. The van der Waals surface area contributed by atoms with Crippen molar-refractivity contribution in [2.45, 2.75) is 37.6 Å². The Morgan fingerprint density at radius 1 is 1.13 bits per heavy atom. The second kappa shape index (κ2) is 3.61. The van der Waals surface area contributed by atoms with Gasteiger partial charge in [-0.1, -0.05) is 6.07 Å². The van der Waals surface area contributed by atoms with Gasteiger partial charge in [-0.05, 0) is 49.9 Å². The molecule has 1 N–H and O–H groups in total. The molecule has 2 rings (SSSR count). The van der Waals surface area contributed by atoms with Crippen molar-refractivity contribution in [1.29, 1.82) is 0 Å². The smallest absolute Gasteiger partial charge is 0.208 e. The van der Waals surface area contributed by atoms with Crippen LogP contribution in [0.1, 0.15) is 24.0 Å². The van der Waals surface area contributed by atoms with Crippen LogP contribution in [0.2, 0.25) is 0 Å². The molecule has 0 bridgehead atoms. The normalized spacial score (nSPS) is 16.7. The summed E-state index contributed by atoms with van der Waals surface area (Å²) in [6.07, 6.45) is 1.92. The predicted octanol–water partition coefficient (Wildman–Crippen LogP) is 1.74. The third-order valence-electron chi connectivity index (χ3n) is 2.40. The Morgan fingerprint density at radius 2 is 1.67 bits per heavy atom. The summed E-state index contributed by atoms with van der Waals surface area (Å²) < 4.78 is 26.4. The lowest BCUT2D eigenvalue weighted by atomic mass is 10.2. The second-order valence-electron chi connectivity index (χ2n) is 4.22. The molecule has 0 amide bonds. The first-order valence-electron chi connectivity index (χ1n) is 5.08. The minimum absolute atomic E-state index is 0.163. The van der Waals surface area contributed by atoms with Crippen LogP contribution in [-0.4, -0.2) is 14.5 Å². The monoisotopic (exact) mass is 225 g/mol. The van der Waals surface area contributed by atoms with Gasteiger partial charge >= 0.3 is 0 Å². The maximum absolute atomic E-state index is 11.9. The lowest BCUT2D eigenvalue weighted by Gasteiger charge is -2.07. The van der Waals surface area contributed by atoms with Crippen molar-refractivity contribution < 1.29 is 8.42 Å². The summed E-state index contributed by atoms with van der Waals surface area (Å²) in [5.74, 6) is 0. The molecule has 1 aliphatic rings. The number of benzene rings is 1. The average molecular weight is 225 g/mol. The van der Waals surface area contributed by atoms with E-state index in [0.29, 0.717) is 4.90 Å². The highest BCUT2D eigenvalue weighted by atomic mass is 32.2. The van der Waals surface area contributed by atoms with Gasteiger partial charge in [0, 0.05) is 6.04 Å². The van der Waals surface area contributed by atoms with Crippen molar-refractivity contribution in [2.24, 2.45) is 0 Å². The maximum Gasteiger partial charge on any atom is 0.240 e. The van der Waals surface area contributed by atoms with Crippen LogP contribution in [0.3, 0.4) is 0 Å². The molecule has 0 heterocycles. The van der Waals surface area contributed by atoms with Gasteiger partial charge in [0.15, 0.2) is 0 Å². The molecular weight excluding hydrogens is 210 g/mol. The summed E-state index contributed by atoms with van der Waals surface area (Å²) >= 11 is 0. The van der Waals surface area contributed by atoms with E-state index in [-0.39, 0.29) is 6.04 Å². The van der Waals surface area contributed by atoms with E-state index in [1.165, 1.54) is 0 Å². The SMILES string of the molecule is Cc1cc(C)cc(S(=O)(=O)NC2CC2)c1. The number of nitrogens with one attached hydrogen (secondary N) is 1. The Balaban J connectivity index is 2.34. The quantitative estimate of drug-likeness (QED) is 0.851. The third-order valence-corrected chi connectivity index (χ3v) is 3.90. The molecule has 1 aromatic rings. The molecular formula is C11H15NO2S. The lowest BCUT2D eigenvalue weighted by molar-refractivity contribution is 0.581. The van der Waals surface area contributed by atoms with E-state index in [1.807, 2.05) is 19.9 Å². The van der Waals surface area contributed by atoms with Gasteiger partial charge in [-0.15, -0.1) is 0 Å². The Hall–Kier alpha value is -0.870. The van der Waals surface area contributed by atoms with Crippen LogP contribution in [0.5, 0.6) is 0 Å². The van der Waals surface area contributed by atoms with Gasteiger partial charge in [-0.3, -0.25) is 0 Å². The molecule has 0 unspecified atom stereocenters. The van der Waals surface area contributed by atoms with Gasteiger partial charge in [0.25, 0.3) is 0 Å². The van der Waals surface area contributed by atoms with E-state index in [2.05, 4.69) is 4.72 Å². The van der Waals surface area contributed by atoms with Crippen LogP contribution in [0.25, 0.3) is 0 Å². The first-order valence-corrected chi connectivity index (χ1v) is 6.56. The van der Waals surface area contributed by atoms with E-state index in [0.717, 1.165) is 24.0 Å². The fraction of sp³-hybridized carbons (Fsp3) is 0.455. The second-order valence-corrected chi connectivity index (χ2v) is 5.93. The highest BCUT2D eigenvalue weighted by molar-refractivity contribution is 7.89. The molecule has 0 aromatic heterocycles. The van der Waals surface area contributed by atoms with Gasteiger partial charge in [0.2, 0.25) is 10.0 Å². The van der Waals surface area contributed by atoms with Gasteiger partial charge in [0.05, 0.1) is 4.90 Å². The zero-order valence-electron chi connectivity index (χ0n) is 8.95. The van der Waals surface area contributed by atoms with Crippen molar-refractivity contribution in [3.05, 3.63) is 29.3 Å². The fourth-order valence-corrected chi connectivity index (χ4v) is 3.07. The average Bonchev–Trinajstić information content (AvgIpc) is 2.85. The number of hydrogen-bond acceptors (Lipinski definition) is 2. The van der Waals surface area contributed by atoms with E-state index in [1.54, 1.807) is 12.1 Å². The van der Waals surface area contributed by atoms with Gasteiger partial charge in [-0.2, -0.15) is 0 Å². The van der Waals surface area contributed by atoms with Crippen molar-refractivity contribution in [2.75, 3.05) is 0 Å². The van der Waals surface area contributed by atoms with Gasteiger partial charge < -0.3 is 0 Å². The highest BCUT2D eigenvalue weighted by Crippen LogP contribution is 2.22. The zero-order valence-corrected chi connectivity index (χ0v) is 9.76. The number of aryl methyl sites for hydroxylation is 2. The molecule has 0 saturated heterocycles. The van der Waals surface area contributed by atoms with Crippen LogP contribution in [0.4, 0.5) is 0 Å². The van der Waals surface area contributed by atoms with E-state index < -0.39 is 10.0 Å². The predicted molar refractivity (Wildman–Crippen MR) is 59.3 cm³/mol. The van der Waals surface area contributed by atoms with E-state index >= 15 is 0 Å². The molecule has 4 heteroatoms. The van der Waals surface area contributed by atoms with Crippen molar-refractivity contribution in [3.63, 3.8) is 0 Å². The molecule has 1 saturated carbocycles. The first kappa shape index (κ1) is 10.6. The van der Waals surface area contributed by atoms with Crippen LogP contribution in [-0.2, 0) is 10.0 Å². The fourth-order valence-electron chi connectivity index (χ4n) is 1.58. The number of rotatable bonds is 3. The van der Waals surface area contributed by atoms with Gasteiger partial charge in [-0.25, -0.2) is 13.1 Å². The lowest BCUT2D eigenvalue weighted by Crippen LogP contribution is -2.25. The highest BCUT2D eigenvalue weighted by Gasteiger charge is 2.27. The third kappa shape index (κ3) is 2.58. The molecule has 0 aliphatic heterocycles. The van der Waals surface area contributed by atoms with Crippen molar-refractivity contribution in [3.8, 4) is 0 Å². The molecule has 82 valence electrons. The summed E-state index contributed by atoms with van der Waals surface area (Å²) in [5.41, 5.74) is 1.96. The first-order chi connectivity index (χ1) is 6.97. The summed E-state index contributed by atoms with van der Waals surface area (Å²) in [5, 5.41) is 0. The Labute approximate surface area is 90.6 Å². The molecule has 1 aliphatic carbocycles. The number of hydrogen-bond donors (Lipinski definition) is 1. The molecule has 0 atom stereocenters. The number of sulfonamides is 1. The van der Waals surface area contributed by atoms with Crippen LogP contribution in [0, 0.1) is 13.8 Å². The molecule has 1 aromatic carbocycles. The summed E-state index contributed by atoms with van der Waals surface area (Å²) in [6, 6.07) is 5.54. The van der Waals surface area contributed by atoms with Crippen LogP contribution < -0.4 is 4.72 Å².